The minimum Gasteiger partial charge on any atom is -0.242 e. The maximum atomic E-state index is 11.0. The first kappa shape index (κ1) is 8.49. The van der Waals surface area contributed by atoms with Gasteiger partial charge in [-0.25, -0.2) is 8.37 Å². The highest BCUT2D eigenvalue weighted by Gasteiger charge is 2.66. The van der Waals surface area contributed by atoms with E-state index in [1.54, 1.807) is 0 Å². The van der Waals surface area contributed by atoms with Crippen LogP contribution in [0.5, 0.6) is 0 Å². The Morgan fingerprint density at radius 1 is 1.29 bits per heavy atom. The van der Waals surface area contributed by atoms with E-state index < -0.39 is 22.6 Å². The predicted molar refractivity (Wildman–Crippen MR) is 43.2 cm³/mol. The lowest BCUT2D eigenvalue weighted by Crippen LogP contribution is -2.29. The van der Waals surface area contributed by atoms with Crippen molar-refractivity contribution in [3.63, 3.8) is 0 Å². The Balaban J connectivity index is 1.95. The Kier molecular flexibility index (Phi) is 1.46. The second kappa shape index (κ2) is 2.40. The largest absolute Gasteiger partial charge is 0.400 e. The maximum Gasteiger partial charge on any atom is 0.400 e. The minimum absolute atomic E-state index is 0.188. The first-order valence-corrected chi connectivity index (χ1v) is 5.61. The van der Waals surface area contributed by atoms with Gasteiger partial charge >= 0.3 is 10.4 Å². The minimum atomic E-state index is -3.85. The molecule has 3 fully saturated rings. The molecule has 14 heavy (non-hydrogen) atoms. The van der Waals surface area contributed by atoms with Crippen molar-refractivity contribution in [2.24, 2.45) is 17.0 Å². The van der Waals surface area contributed by atoms with Crippen molar-refractivity contribution in [1.29, 1.82) is 0 Å². The zero-order valence-corrected chi connectivity index (χ0v) is 7.79. The van der Waals surface area contributed by atoms with E-state index in [2.05, 4.69) is 10.0 Å². The van der Waals surface area contributed by atoms with Gasteiger partial charge in [-0.05, 0) is 23.8 Å². The molecule has 5 atom stereocenters. The molecular weight excluding hydrogens is 210 g/mol. The van der Waals surface area contributed by atoms with Crippen LogP contribution in [-0.4, -0.2) is 26.7 Å². The zero-order valence-electron chi connectivity index (χ0n) is 6.98. The molecule has 1 saturated heterocycles. The number of nitrogens with zero attached hydrogens (tertiary/aromatic N) is 3. The average molecular weight is 217 g/mol. The van der Waals surface area contributed by atoms with Gasteiger partial charge in [-0.1, -0.05) is 5.11 Å². The third-order valence-electron chi connectivity index (χ3n) is 3.06. The lowest BCUT2D eigenvalue weighted by atomic mass is 10.1. The van der Waals surface area contributed by atoms with E-state index >= 15 is 0 Å². The molecule has 0 aromatic carbocycles. The van der Waals surface area contributed by atoms with Gasteiger partial charge in [0, 0.05) is 4.91 Å². The SMILES string of the molecule is [N-]=[N+]=N[C@@H]1[C@H]2C[C@H]2[C@@H]2OS(=O)(=O)O[C@H]12. The molecule has 3 rings (SSSR count). The average Bonchev–Trinajstić information content (AvgIpc) is 2.74. The van der Waals surface area contributed by atoms with Crippen molar-refractivity contribution in [3.8, 4) is 0 Å². The van der Waals surface area contributed by atoms with Crippen LogP contribution in [0.15, 0.2) is 5.11 Å². The molecule has 1 heterocycles. The van der Waals surface area contributed by atoms with Gasteiger partial charge in [0.25, 0.3) is 0 Å². The Morgan fingerprint density at radius 2 is 2.00 bits per heavy atom. The topological polar surface area (TPSA) is 101 Å². The van der Waals surface area contributed by atoms with Gasteiger partial charge in [-0.15, -0.1) is 0 Å². The summed E-state index contributed by atoms with van der Waals surface area (Å²) in [5, 5.41) is 3.57. The molecule has 1 aliphatic heterocycles. The van der Waals surface area contributed by atoms with Gasteiger partial charge in [0.15, 0.2) is 0 Å². The van der Waals surface area contributed by atoms with Crippen molar-refractivity contribution < 1.29 is 16.8 Å². The summed E-state index contributed by atoms with van der Waals surface area (Å²) in [6.45, 7) is 0. The number of rotatable bonds is 1. The molecule has 8 heteroatoms. The van der Waals surface area contributed by atoms with Crippen LogP contribution in [0.3, 0.4) is 0 Å². The third kappa shape index (κ3) is 0.992. The van der Waals surface area contributed by atoms with E-state index in [0.717, 1.165) is 6.42 Å². The summed E-state index contributed by atoms with van der Waals surface area (Å²) >= 11 is 0. The van der Waals surface area contributed by atoms with Crippen LogP contribution < -0.4 is 0 Å². The van der Waals surface area contributed by atoms with Gasteiger partial charge in [-0.3, -0.25) is 0 Å². The van der Waals surface area contributed by atoms with E-state index in [1.165, 1.54) is 0 Å². The van der Waals surface area contributed by atoms with Gasteiger partial charge in [-0.2, -0.15) is 8.42 Å². The van der Waals surface area contributed by atoms with Crippen molar-refractivity contribution in [1.82, 2.24) is 0 Å². The first-order chi connectivity index (χ1) is 6.62. The molecule has 3 aliphatic rings. The number of azide groups is 1. The number of hydrogen-bond acceptors (Lipinski definition) is 5. The van der Waals surface area contributed by atoms with Crippen LogP contribution in [-0.2, 0) is 18.8 Å². The summed E-state index contributed by atoms with van der Waals surface area (Å²) in [6.07, 6.45) is -0.163. The molecule has 0 amide bonds. The summed E-state index contributed by atoms with van der Waals surface area (Å²) in [5.74, 6) is 0.434. The molecule has 0 aromatic heterocycles. The zero-order chi connectivity index (χ0) is 9.92. The van der Waals surface area contributed by atoms with Gasteiger partial charge < -0.3 is 0 Å². The van der Waals surface area contributed by atoms with Crippen molar-refractivity contribution in [2.45, 2.75) is 24.7 Å². The molecule has 0 N–H and O–H groups in total. The van der Waals surface area contributed by atoms with E-state index in [0.29, 0.717) is 0 Å². The lowest BCUT2D eigenvalue weighted by molar-refractivity contribution is 0.148. The second-order valence-corrected chi connectivity index (χ2v) is 4.99. The molecule has 0 unspecified atom stereocenters. The van der Waals surface area contributed by atoms with Gasteiger partial charge in [0.1, 0.15) is 12.2 Å². The summed E-state index contributed by atoms with van der Waals surface area (Å²) in [5.41, 5.74) is 8.33. The molecule has 2 saturated carbocycles. The second-order valence-electron chi connectivity index (χ2n) is 3.79. The van der Waals surface area contributed by atoms with E-state index in [4.69, 9.17) is 13.9 Å². The highest BCUT2D eigenvalue weighted by molar-refractivity contribution is 7.82. The fourth-order valence-corrected chi connectivity index (χ4v) is 3.50. The third-order valence-corrected chi connectivity index (χ3v) is 3.97. The maximum absolute atomic E-state index is 11.0. The summed E-state index contributed by atoms with van der Waals surface area (Å²) < 4.78 is 31.5. The van der Waals surface area contributed by atoms with Crippen LogP contribution in [0.4, 0.5) is 0 Å². The van der Waals surface area contributed by atoms with Crippen LogP contribution in [0.2, 0.25) is 0 Å². The van der Waals surface area contributed by atoms with Crippen LogP contribution in [0.25, 0.3) is 10.4 Å². The number of hydrogen-bond donors (Lipinski definition) is 0. The predicted octanol–water partition coefficient (Wildman–Crippen LogP) is 0.344. The quantitative estimate of drug-likeness (QED) is 0.359. The summed E-state index contributed by atoms with van der Waals surface area (Å²) in [4.78, 5) is 2.70. The van der Waals surface area contributed by atoms with E-state index in [-0.39, 0.29) is 17.9 Å². The first-order valence-electron chi connectivity index (χ1n) is 4.28. The fourth-order valence-electron chi connectivity index (χ4n) is 2.43. The molecule has 0 aromatic rings. The molecule has 0 bridgehead atoms. The van der Waals surface area contributed by atoms with Crippen LogP contribution in [0.1, 0.15) is 6.42 Å². The van der Waals surface area contributed by atoms with Crippen molar-refractivity contribution >= 4 is 10.4 Å². The van der Waals surface area contributed by atoms with Crippen molar-refractivity contribution in [3.05, 3.63) is 10.4 Å². The van der Waals surface area contributed by atoms with Crippen LogP contribution >= 0.6 is 0 Å². The van der Waals surface area contributed by atoms with Crippen LogP contribution in [0, 0.1) is 11.8 Å². The monoisotopic (exact) mass is 217 g/mol. The van der Waals surface area contributed by atoms with Gasteiger partial charge in [0.2, 0.25) is 0 Å². The highest BCUT2D eigenvalue weighted by atomic mass is 32.3. The Labute approximate surface area is 80.0 Å². The molecule has 7 nitrogen and oxygen atoms in total. The Bertz CT molecular complexity index is 428. The summed E-state index contributed by atoms with van der Waals surface area (Å²) in [6, 6.07) is -0.382. The highest BCUT2D eigenvalue weighted by Crippen LogP contribution is 2.58. The number of fused-ring (bicyclic) bond motifs is 3. The fraction of sp³-hybridized carbons (Fsp3) is 1.00. The Morgan fingerprint density at radius 3 is 2.71 bits per heavy atom. The molecule has 2 aliphatic carbocycles. The Hall–Kier alpha value is -0.820. The summed E-state index contributed by atoms with van der Waals surface area (Å²) in [7, 11) is -3.85. The normalized spacial score (nSPS) is 51.9. The molecular formula is C6H7N3O4S. The standard InChI is InChI=1S/C6H7N3O4S/c7-9-8-4-2-1-3(2)5-6(4)13-14(10,11)12-5/h2-6H,1H2/t2-,3+,4+,5-,6+/m0/s1. The lowest BCUT2D eigenvalue weighted by Gasteiger charge is -2.12. The smallest absolute Gasteiger partial charge is 0.242 e. The van der Waals surface area contributed by atoms with Crippen molar-refractivity contribution in [2.75, 3.05) is 0 Å². The molecule has 0 radical (unpaired) electrons. The van der Waals surface area contributed by atoms with Gasteiger partial charge in [0.05, 0.1) is 6.04 Å². The van der Waals surface area contributed by atoms with E-state index in [9.17, 15) is 8.42 Å². The molecule has 76 valence electrons. The van der Waals surface area contributed by atoms with E-state index in [1.807, 2.05) is 0 Å². The molecule has 0 spiro atoms.